The summed E-state index contributed by atoms with van der Waals surface area (Å²) in [4.78, 5) is 0. The van der Waals surface area contributed by atoms with Crippen molar-refractivity contribution in [1.82, 2.24) is 0 Å². The van der Waals surface area contributed by atoms with Gasteiger partial charge in [0.25, 0.3) is 0 Å². The van der Waals surface area contributed by atoms with Crippen molar-refractivity contribution in [3.63, 3.8) is 0 Å². The van der Waals surface area contributed by atoms with Gasteiger partial charge in [0.15, 0.2) is 0 Å². The third-order valence-electron chi connectivity index (χ3n) is 3.97. The molecule has 3 aromatic carbocycles. The first-order valence-electron chi connectivity index (χ1n) is 7.03. The summed E-state index contributed by atoms with van der Waals surface area (Å²) >= 11 is 6.41. The van der Waals surface area contributed by atoms with Crippen molar-refractivity contribution < 1.29 is 0 Å². The Morgan fingerprint density at radius 1 is 0.905 bits per heavy atom. The second-order valence-corrected chi connectivity index (χ2v) is 5.86. The molecule has 0 amide bonds. The van der Waals surface area contributed by atoms with Crippen LogP contribution in [0.25, 0.3) is 10.8 Å². The van der Waals surface area contributed by atoms with Gasteiger partial charge in [0.1, 0.15) is 0 Å². The average Bonchev–Trinajstić information content (AvgIpc) is 2.47. The molecule has 0 atom stereocenters. The van der Waals surface area contributed by atoms with Gasteiger partial charge < -0.3 is 10.5 Å². The highest BCUT2D eigenvalue weighted by atomic mass is 35.5. The van der Waals surface area contributed by atoms with E-state index in [0.717, 1.165) is 21.9 Å². The molecule has 0 saturated carbocycles. The van der Waals surface area contributed by atoms with Crippen LogP contribution in [0.5, 0.6) is 0 Å². The van der Waals surface area contributed by atoms with E-state index >= 15 is 0 Å². The number of nitrogens with one attached hydrogen (secondary N) is 2. The zero-order valence-corrected chi connectivity index (χ0v) is 12.4. The first-order chi connectivity index (χ1) is 10.2. The molecule has 0 fully saturated rings. The van der Waals surface area contributed by atoms with Gasteiger partial charge in [0.2, 0.25) is 0 Å². The summed E-state index contributed by atoms with van der Waals surface area (Å²) in [6.45, 7) is 2.03. The number of hydrogen-bond acceptors (Lipinski definition) is 2. The monoisotopic (exact) mass is 292 g/mol. The van der Waals surface area contributed by atoms with Gasteiger partial charge in [-0.05, 0) is 41.5 Å². The van der Waals surface area contributed by atoms with E-state index in [1.165, 1.54) is 16.3 Å². The fourth-order valence-electron chi connectivity index (χ4n) is 2.95. The standard InChI is InChI=1S/C17H14BClN2/c1-11-8-9-13(14(19)10-11)18-20-15-6-2-4-12-5-3-7-16(21-18)17(12)15/h2-10,20-21H,1H3. The Hall–Kier alpha value is -2.13. The van der Waals surface area contributed by atoms with E-state index in [1.807, 2.05) is 13.0 Å². The van der Waals surface area contributed by atoms with Gasteiger partial charge >= 0.3 is 6.98 Å². The maximum absolute atomic E-state index is 6.41. The summed E-state index contributed by atoms with van der Waals surface area (Å²) in [5.74, 6) is 0. The smallest absolute Gasteiger partial charge is 0.405 e. The van der Waals surface area contributed by atoms with Crippen LogP contribution >= 0.6 is 11.6 Å². The molecule has 4 rings (SSSR count). The molecule has 1 aliphatic heterocycles. The molecule has 0 unspecified atom stereocenters. The lowest BCUT2D eigenvalue weighted by Crippen LogP contribution is -2.48. The minimum absolute atomic E-state index is 0.0152. The SMILES string of the molecule is Cc1ccc(B2Nc3cccc4cccc(c34)N2)c(Cl)c1. The first-order valence-corrected chi connectivity index (χ1v) is 7.41. The van der Waals surface area contributed by atoms with Crippen molar-refractivity contribution in [2.75, 3.05) is 10.5 Å². The Morgan fingerprint density at radius 3 is 2.19 bits per heavy atom. The zero-order valence-electron chi connectivity index (χ0n) is 11.7. The molecule has 3 aromatic rings. The third kappa shape index (κ3) is 2.05. The van der Waals surface area contributed by atoms with Crippen LogP contribution in [0.3, 0.4) is 0 Å². The van der Waals surface area contributed by atoms with Gasteiger partial charge in [-0.1, -0.05) is 48.0 Å². The molecule has 2 N–H and O–H groups in total. The van der Waals surface area contributed by atoms with Gasteiger partial charge in [-0.2, -0.15) is 0 Å². The molecule has 0 aromatic heterocycles. The second-order valence-electron chi connectivity index (χ2n) is 5.46. The van der Waals surface area contributed by atoms with Crippen LogP contribution in [-0.2, 0) is 0 Å². The van der Waals surface area contributed by atoms with E-state index in [1.54, 1.807) is 0 Å². The predicted octanol–water partition coefficient (Wildman–Crippen LogP) is 4.03. The second kappa shape index (κ2) is 4.71. The Balaban J connectivity index is 1.83. The fourth-order valence-corrected chi connectivity index (χ4v) is 3.29. The van der Waals surface area contributed by atoms with Crippen molar-refractivity contribution in [3.05, 3.63) is 65.2 Å². The summed E-state index contributed by atoms with van der Waals surface area (Å²) in [7, 11) is 0. The lowest BCUT2D eigenvalue weighted by Gasteiger charge is -2.27. The number of halogens is 1. The van der Waals surface area contributed by atoms with Crippen LogP contribution in [0.2, 0.25) is 5.02 Å². The van der Waals surface area contributed by atoms with Gasteiger partial charge in [-0.15, -0.1) is 0 Å². The fraction of sp³-hybridized carbons (Fsp3) is 0.0588. The van der Waals surface area contributed by atoms with Gasteiger partial charge in [0, 0.05) is 21.8 Å². The number of rotatable bonds is 1. The molecular weight excluding hydrogens is 278 g/mol. The maximum atomic E-state index is 6.41. The molecule has 0 radical (unpaired) electrons. The highest BCUT2D eigenvalue weighted by Crippen LogP contribution is 2.34. The normalized spacial score (nSPS) is 13.0. The topological polar surface area (TPSA) is 24.1 Å². The van der Waals surface area contributed by atoms with E-state index in [0.29, 0.717) is 0 Å². The molecule has 0 spiro atoms. The van der Waals surface area contributed by atoms with E-state index < -0.39 is 0 Å². The lowest BCUT2D eigenvalue weighted by molar-refractivity contribution is 1.48. The molecular formula is C17H14BClN2. The highest BCUT2D eigenvalue weighted by Gasteiger charge is 2.26. The van der Waals surface area contributed by atoms with Crippen molar-refractivity contribution in [1.29, 1.82) is 0 Å². The summed E-state index contributed by atoms with van der Waals surface area (Å²) in [5.41, 5.74) is 4.52. The average molecular weight is 293 g/mol. The molecule has 21 heavy (non-hydrogen) atoms. The largest absolute Gasteiger partial charge is 0.407 e. The molecule has 2 nitrogen and oxygen atoms in total. The molecule has 0 saturated heterocycles. The van der Waals surface area contributed by atoms with Crippen LogP contribution in [0.4, 0.5) is 11.4 Å². The number of anilines is 2. The summed E-state index contributed by atoms with van der Waals surface area (Å²) in [5, 5.41) is 10.3. The minimum Gasteiger partial charge on any atom is -0.405 e. The number of benzene rings is 3. The maximum Gasteiger partial charge on any atom is 0.407 e. The Morgan fingerprint density at radius 2 is 1.57 bits per heavy atom. The van der Waals surface area contributed by atoms with E-state index in [9.17, 15) is 0 Å². The lowest BCUT2D eigenvalue weighted by atomic mass is 9.66. The summed E-state index contributed by atoms with van der Waals surface area (Å²) in [6.07, 6.45) is 0. The van der Waals surface area contributed by atoms with Gasteiger partial charge in [-0.25, -0.2) is 0 Å². The molecule has 0 bridgehead atoms. The zero-order chi connectivity index (χ0) is 14.4. The Bertz CT molecular complexity index is 807. The Labute approximate surface area is 129 Å². The summed E-state index contributed by atoms with van der Waals surface area (Å²) < 4.78 is 0. The number of aryl methyl sites for hydroxylation is 1. The van der Waals surface area contributed by atoms with E-state index in [2.05, 4.69) is 59.0 Å². The molecule has 1 aliphatic rings. The van der Waals surface area contributed by atoms with Crippen LogP contribution in [0, 0.1) is 6.92 Å². The molecule has 102 valence electrons. The number of hydrogen-bond donors (Lipinski definition) is 2. The van der Waals surface area contributed by atoms with E-state index in [-0.39, 0.29) is 6.98 Å². The highest BCUT2D eigenvalue weighted by molar-refractivity contribution is 6.82. The molecule has 1 heterocycles. The van der Waals surface area contributed by atoms with Crippen LogP contribution in [-0.4, -0.2) is 6.98 Å². The Kier molecular flexibility index (Phi) is 2.83. The van der Waals surface area contributed by atoms with Crippen molar-refractivity contribution in [2.45, 2.75) is 6.92 Å². The van der Waals surface area contributed by atoms with Gasteiger partial charge in [-0.3, -0.25) is 0 Å². The van der Waals surface area contributed by atoms with E-state index in [4.69, 9.17) is 11.6 Å². The molecule has 0 aliphatic carbocycles. The van der Waals surface area contributed by atoms with Gasteiger partial charge in [0.05, 0.1) is 0 Å². The van der Waals surface area contributed by atoms with Crippen molar-refractivity contribution >= 4 is 46.2 Å². The van der Waals surface area contributed by atoms with Crippen LogP contribution in [0.15, 0.2) is 54.6 Å². The quantitative estimate of drug-likeness (QED) is 0.662. The molecule has 4 heteroatoms. The van der Waals surface area contributed by atoms with Crippen molar-refractivity contribution in [2.24, 2.45) is 0 Å². The summed E-state index contributed by atoms with van der Waals surface area (Å²) in [6, 6.07) is 18.8. The predicted molar refractivity (Wildman–Crippen MR) is 92.8 cm³/mol. The first kappa shape index (κ1) is 12.6. The van der Waals surface area contributed by atoms with Crippen LogP contribution < -0.4 is 15.9 Å². The minimum atomic E-state index is -0.0152. The van der Waals surface area contributed by atoms with Crippen molar-refractivity contribution in [3.8, 4) is 0 Å². The van der Waals surface area contributed by atoms with Crippen LogP contribution in [0.1, 0.15) is 5.56 Å². The third-order valence-corrected chi connectivity index (χ3v) is 4.30.